The fourth-order valence-electron chi connectivity index (χ4n) is 3.55. The maximum Gasteiger partial charge on any atom is 0.318 e. The first-order valence-electron chi connectivity index (χ1n) is 9.18. The van der Waals surface area contributed by atoms with Crippen LogP contribution < -0.4 is 16.5 Å². The number of hydrazone groups is 1. The molecule has 1 aliphatic rings. The van der Waals surface area contributed by atoms with Crippen molar-refractivity contribution in [1.82, 2.24) is 19.1 Å². The van der Waals surface area contributed by atoms with Gasteiger partial charge < -0.3 is 4.57 Å². The van der Waals surface area contributed by atoms with Crippen molar-refractivity contribution in [3.05, 3.63) is 62.3 Å². The predicted molar refractivity (Wildman–Crippen MR) is 104 cm³/mol. The first-order valence-corrected chi connectivity index (χ1v) is 9.18. The molecule has 150 valence electrons. The molecule has 1 fully saturated rings. The van der Waals surface area contributed by atoms with Crippen molar-refractivity contribution in [3.63, 3.8) is 0 Å². The van der Waals surface area contributed by atoms with Crippen LogP contribution in [-0.4, -0.2) is 25.3 Å². The fraction of sp³-hybridized carbons (Fsp3) is 0.316. The normalized spacial score (nSPS) is 14.9. The predicted octanol–water partition coefficient (Wildman–Crippen LogP) is 2.33. The number of anilines is 1. The van der Waals surface area contributed by atoms with Crippen LogP contribution >= 0.6 is 0 Å². The Morgan fingerprint density at radius 2 is 1.97 bits per heavy atom. The van der Waals surface area contributed by atoms with Gasteiger partial charge in [0.1, 0.15) is 17.2 Å². The van der Waals surface area contributed by atoms with Gasteiger partial charge in [-0.1, -0.05) is 12.8 Å². The quantitative estimate of drug-likeness (QED) is 0.412. The van der Waals surface area contributed by atoms with Crippen molar-refractivity contribution in [1.29, 1.82) is 0 Å². The van der Waals surface area contributed by atoms with Crippen LogP contribution in [0.25, 0.3) is 11.2 Å². The number of nitrogens with zero attached hydrogens (tertiary/aromatic N) is 5. The van der Waals surface area contributed by atoms with E-state index < -0.39 is 22.8 Å². The van der Waals surface area contributed by atoms with Crippen LogP contribution in [-0.2, 0) is 7.05 Å². The molecule has 0 amide bonds. The Bertz CT molecular complexity index is 1230. The van der Waals surface area contributed by atoms with Crippen LogP contribution in [0.4, 0.5) is 14.7 Å². The van der Waals surface area contributed by atoms with E-state index in [1.807, 2.05) is 0 Å². The van der Waals surface area contributed by atoms with Crippen molar-refractivity contribution in [2.45, 2.75) is 31.7 Å². The van der Waals surface area contributed by atoms with Crippen molar-refractivity contribution in [2.24, 2.45) is 12.1 Å². The molecule has 3 aromatic rings. The third-order valence-electron chi connectivity index (χ3n) is 5.07. The summed E-state index contributed by atoms with van der Waals surface area (Å²) in [5.41, 5.74) is 2.20. The lowest BCUT2D eigenvalue weighted by Crippen LogP contribution is -2.42. The summed E-state index contributed by atoms with van der Waals surface area (Å²) >= 11 is 0. The molecule has 2 aromatic heterocycles. The highest BCUT2D eigenvalue weighted by Crippen LogP contribution is 2.29. The van der Waals surface area contributed by atoms with E-state index in [0.717, 1.165) is 37.8 Å². The van der Waals surface area contributed by atoms with Gasteiger partial charge in [0.05, 0.1) is 12.4 Å². The topological polar surface area (TPSA) is 94.2 Å². The lowest BCUT2D eigenvalue weighted by Gasteiger charge is -2.17. The highest BCUT2D eigenvalue weighted by atomic mass is 19.1. The average Bonchev–Trinajstić information content (AvgIpc) is 3.22. The molecule has 0 saturated heterocycles. The summed E-state index contributed by atoms with van der Waals surface area (Å²) in [6.07, 6.45) is 6.18. The van der Waals surface area contributed by atoms with Gasteiger partial charge in [-0.05, 0) is 25.0 Å². The van der Waals surface area contributed by atoms with Crippen molar-refractivity contribution in [3.8, 4) is 0 Å². The molecule has 2 heterocycles. The second kappa shape index (κ2) is 7.53. The van der Waals surface area contributed by atoms with Crippen LogP contribution in [0.15, 0.2) is 39.1 Å². The van der Waals surface area contributed by atoms with E-state index in [1.54, 1.807) is 0 Å². The van der Waals surface area contributed by atoms with E-state index in [4.69, 9.17) is 0 Å². The molecule has 4 rings (SSSR count). The standard InChI is InChI=1S/C19H18F2N6O2/c1-26-15-10-22-19(25-23-9-11-6-7-12(20)8-14(11)21)24-16(15)27(18(29)17(26)28)13-4-2-3-5-13/h6-10,13H,2-5H2,1H3,(H,22,24,25)/b23-9+. The first-order chi connectivity index (χ1) is 14.0. The zero-order valence-electron chi connectivity index (χ0n) is 15.6. The molecule has 1 aliphatic carbocycles. The summed E-state index contributed by atoms with van der Waals surface area (Å²) in [6, 6.07) is 3.05. The first kappa shape index (κ1) is 18.9. The van der Waals surface area contributed by atoms with Crippen LogP contribution in [0, 0.1) is 11.6 Å². The lowest BCUT2D eigenvalue weighted by atomic mass is 10.2. The summed E-state index contributed by atoms with van der Waals surface area (Å²) in [6.45, 7) is 0. The number of aromatic nitrogens is 4. The Morgan fingerprint density at radius 1 is 1.21 bits per heavy atom. The van der Waals surface area contributed by atoms with Gasteiger partial charge in [-0.2, -0.15) is 10.1 Å². The van der Waals surface area contributed by atoms with E-state index in [-0.39, 0.29) is 17.6 Å². The molecule has 0 atom stereocenters. The van der Waals surface area contributed by atoms with Gasteiger partial charge in [0.2, 0.25) is 5.95 Å². The maximum atomic E-state index is 13.7. The van der Waals surface area contributed by atoms with Crippen molar-refractivity contribution >= 4 is 23.3 Å². The Hall–Kier alpha value is -3.43. The minimum Gasteiger partial charge on any atom is -0.303 e. The van der Waals surface area contributed by atoms with Crippen LogP contribution in [0.3, 0.4) is 0 Å². The number of halogens is 2. The molecule has 1 N–H and O–H groups in total. The van der Waals surface area contributed by atoms with Gasteiger partial charge in [-0.15, -0.1) is 0 Å². The van der Waals surface area contributed by atoms with Crippen LogP contribution in [0.1, 0.15) is 37.3 Å². The molecule has 29 heavy (non-hydrogen) atoms. The van der Waals surface area contributed by atoms with Gasteiger partial charge in [0, 0.05) is 24.7 Å². The Balaban J connectivity index is 1.72. The summed E-state index contributed by atoms with van der Waals surface area (Å²) in [5, 5.41) is 3.88. The van der Waals surface area contributed by atoms with Gasteiger partial charge >= 0.3 is 11.1 Å². The van der Waals surface area contributed by atoms with Gasteiger partial charge in [-0.25, -0.2) is 19.2 Å². The summed E-state index contributed by atoms with van der Waals surface area (Å²) in [5.74, 6) is -1.35. The zero-order valence-corrected chi connectivity index (χ0v) is 15.6. The van der Waals surface area contributed by atoms with Gasteiger partial charge in [0.15, 0.2) is 5.65 Å². The van der Waals surface area contributed by atoms with E-state index in [2.05, 4.69) is 20.5 Å². The largest absolute Gasteiger partial charge is 0.318 e. The van der Waals surface area contributed by atoms with Gasteiger partial charge in [-0.3, -0.25) is 14.2 Å². The smallest absolute Gasteiger partial charge is 0.303 e. The van der Waals surface area contributed by atoms with E-state index in [9.17, 15) is 18.4 Å². The zero-order chi connectivity index (χ0) is 20.5. The lowest BCUT2D eigenvalue weighted by molar-refractivity contribution is 0.507. The molecule has 1 saturated carbocycles. The molecule has 8 nitrogen and oxygen atoms in total. The number of fused-ring (bicyclic) bond motifs is 1. The summed E-state index contributed by atoms with van der Waals surface area (Å²) in [4.78, 5) is 33.4. The Labute approximate surface area is 163 Å². The van der Waals surface area contributed by atoms with Crippen LogP contribution in [0.5, 0.6) is 0 Å². The Kier molecular flexibility index (Phi) is 4.91. The highest BCUT2D eigenvalue weighted by Gasteiger charge is 2.23. The molecular weight excluding hydrogens is 382 g/mol. The maximum absolute atomic E-state index is 13.7. The molecule has 1 aromatic carbocycles. The molecule has 0 aliphatic heterocycles. The second-order valence-corrected chi connectivity index (χ2v) is 6.92. The van der Waals surface area contributed by atoms with Gasteiger partial charge in [0.25, 0.3) is 0 Å². The third-order valence-corrected chi connectivity index (χ3v) is 5.07. The Morgan fingerprint density at radius 3 is 2.69 bits per heavy atom. The summed E-state index contributed by atoms with van der Waals surface area (Å²) < 4.78 is 29.3. The molecule has 10 heteroatoms. The van der Waals surface area contributed by atoms with Crippen LogP contribution in [0.2, 0.25) is 0 Å². The molecule has 0 spiro atoms. The second-order valence-electron chi connectivity index (χ2n) is 6.92. The number of hydrogen-bond acceptors (Lipinski definition) is 6. The van der Waals surface area contributed by atoms with E-state index in [0.29, 0.717) is 11.2 Å². The number of aryl methyl sites for hydroxylation is 1. The molecular formula is C19H18F2N6O2. The molecule has 0 bridgehead atoms. The molecule has 0 unspecified atom stereocenters. The fourth-order valence-corrected chi connectivity index (χ4v) is 3.55. The molecule has 0 radical (unpaired) electrons. The van der Waals surface area contributed by atoms with Crippen molar-refractivity contribution in [2.75, 3.05) is 5.43 Å². The minimum atomic E-state index is -0.750. The monoisotopic (exact) mass is 400 g/mol. The SMILES string of the molecule is Cn1c(=O)c(=O)n(C2CCCC2)c2nc(N/N=C/c3ccc(F)cc3F)ncc21. The number of rotatable bonds is 4. The number of benzene rings is 1. The average molecular weight is 400 g/mol. The minimum absolute atomic E-state index is 0.0843. The summed E-state index contributed by atoms with van der Waals surface area (Å²) in [7, 11) is 1.50. The number of nitrogens with one attached hydrogen (secondary N) is 1. The van der Waals surface area contributed by atoms with Crippen molar-refractivity contribution < 1.29 is 8.78 Å². The number of hydrogen-bond donors (Lipinski definition) is 1. The van der Waals surface area contributed by atoms with E-state index in [1.165, 1.54) is 34.7 Å². The third kappa shape index (κ3) is 3.53. The van der Waals surface area contributed by atoms with E-state index >= 15 is 0 Å². The highest BCUT2D eigenvalue weighted by molar-refractivity contribution is 5.80.